The smallest absolute Gasteiger partial charge is 0.0723 e. The van der Waals surface area contributed by atoms with Crippen molar-refractivity contribution in [1.29, 1.82) is 0 Å². The van der Waals surface area contributed by atoms with E-state index in [9.17, 15) is 0 Å². The maximum Gasteiger partial charge on any atom is 0.0723 e. The van der Waals surface area contributed by atoms with E-state index in [0.717, 1.165) is 10.9 Å². The Balaban J connectivity index is 1.66. The number of rotatable bonds is 1. The average molecular weight is 443 g/mol. The first-order valence-corrected chi connectivity index (χ1v) is 12.1. The number of hydrogen-bond acceptors (Lipinski definition) is 1. The van der Waals surface area contributed by atoms with Crippen LogP contribution in [0.5, 0.6) is 0 Å². The molecule has 0 saturated carbocycles. The Bertz CT molecular complexity index is 2210. The van der Waals surface area contributed by atoms with Gasteiger partial charge in [-0.1, -0.05) is 66.7 Å². The van der Waals surface area contributed by atoms with Crippen molar-refractivity contribution in [3.63, 3.8) is 0 Å². The first-order chi connectivity index (χ1) is 17.4. The summed E-state index contributed by atoms with van der Waals surface area (Å²) < 4.78 is 2.46. The van der Waals surface area contributed by atoms with Crippen LogP contribution >= 0.6 is 0 Å². The predicted octanol–water partition coefficient (Wildman–Crippen LogP) is 8.77. The van der Waals surface area contributed by atoms with E-state index in [0.29, 0.717) is 0 Å². The van der Waals surface area contributed by atoms with Crippen molar-refractivity contribution in [3.05, 3.63) is 109 Å². The maximum atomic E-state index is 4.65. The van der Waals surface area contributed by atoms with Gasteiger partial charge in [0.1, 0.15) is 0 Å². The van der Waals surface area contributed by atoms with E-state index in [-0.39, 0.29) is 0 Å². The minimum atomic E-state index is 1.02. The van der Waals surface area contributed by atoms with E-state index in [2.05, 4.69) is 107 Å². The van der Waals surface area contributed by atoms with Gasteiger partial charge in [0.2, 0.25) is 0 Å². The predicted molar refractivity (Wildman–Crippen MR) is 148 cm³/mol. The summed E-state index contributed by atoms with van der Waals surface area (Å²) in [6.07, 6.45) is 1.87. The summed E-state index contributed by atoms with van der Waals surface area (Å²) in [5.74, 6) is 0. The lowest BCUT2D eigenvalue weighted by atomic mass is 9.93. The summed E-state index contributed by atoms with van der Waals surface area (Å²) >= 11 is 0. The van der Waals surface area contributed by atoms with Gasteiger partial charge >= 0.3 is 0 Å². The molecule has 35 heavy (non-hydrogen) atoms. The maximum absolute atomic E-state index is 4.65. The minimum absolute atomic E-state index is 1.02. The Morgan fingerprint density at radius 2 is 1.06 bits per heavy atom. The number of nitrogens with zero attached hydrogens (tertiary/aromatic N) is 2. The molecule has 0 atom stereocenters. The third-order valence-corrected chi connectivity index (χ3v) is 7.91. The highest BCUT2D eigenvalue weighted by molar-refractivity contribution is 6.38. The van der Waals surface area contributed by atoms with Crippen molar-refractivity contribution in [2.75, 3.05) is 0 Å². The number of aromatic nitrogens is 2. The highest BCUT2D eigenvalue weighted by Crippen LogP contribution is 2.49. The molecule has 0 unspecified atom stereocenters. The van der Waals surface area contributed by atoms with Gasteiger partial charge in [0.15, 0.2) is 0 Å². The van der Waals surface area contributed by atoms with Crippen LogP contribution in [0.25, 0.3) is 81.8 Å². The number of benzene rings is 6. The van der Waals surface area contributed by atoms with E-state index in [1.54, 1.807) is 0 Å². The second-order valence-electron chi connectivity index (χ2n) is 9.57. The van der Waals surface area contributed by atoms with Gasteiger partial charge < -0.3 is 4.57 Å². The van der Waals surface area contributed by atoms with Crippen molar-refractivity contribution >= 4 is 65.0 Å². The van der Waals surface area contributed by atoms with Crippen LogP contribution in [0.2, 0.25) is 0 Å². The molecule has 2 heteroatoms. The van der Waals surface area contributed by atoms with E-state index in [1.807, 2.05) is 12.3 Å². The number of hydrogen-bond donors (Lipinski definition) is 0. The van der Waals surface area contributed by atoms with E-state index >= 15 is 0 Å². The molecular formula is C33H18N2. The second kappa shape index (κ2) is 6.05. The first-order valence-electron chi connectivity index (χ1n) is 12.1. The Morgan fingerprint density at radius 3 is 1.80 bits per heavy atom. The van der Waals surface area contributed by atoms with Crippen molar-refractivity contribution in [3.8, 4) is 16.8 Å². The molecule has 0 fully saturated rings. The molecule has 0 N–H and O–H groups in total. The quantitative estimate of drug-likeness (QED) is 0.232. The lowest BCUT2D eigenvalue weighted by Gasteiger charge is -2.14. The molecule has 0 bridgehead atoms. The van der Waals surface area contributed by atoms with Gasteiger partial charge in [-0.15, -0.1) is 0 Å². The fourth-order valence-corrected chi connectivity index (χ4v) is 6.55. The van der Waals surface area contributed by atoms with Gasteiger partial charge in [-0.25, -0.2) is 0 Å². The first kappa shape index (κ1) is 17.7. The molecule has 0 aliphatic heterocycles. The molecule has 2 heterocycles. The molecule has 0 radical (unpaired) electrons. The Hall–Kier alpha value is -4.69. The van der Waals surface area contributed by atoms with Crippen LogP contribution in [-0.2, 0) is 0 Å². The average Bonchev–Trinajstić information content (AvgIpc) is 3.19. The molecule has 2 aromatic heterocycles. The van der Waals surface area contributed by atoms with Crippen LogP contribution in [0.1, 0.15) is 0 Å². The van der Waals surface area contributed by atoms with Crippen LogP contribution in [0.3, 0.4) is 0 Å². The molecule has 6 aromatic carbocycles. The number of pyridine rings is 1. The zero-order valence-corrected chi connectivity index (χ0v) is 18.8. The van der Waals surface area contributed by atoms with Crippen LogP contribution in [-0.4, -0.2) is 9.55 Å². The third kappa shape index (κ3) is 2.05. The molecular weight excluding hydrogens is 424 g/mol. The minimum Gasteiger partial charge on any atom is -0.309 e. The molecule has 1 aliphatic carbocycles. The van der Waals surface area contributed by atoms with Crippen molar-refractivity contribution in [1.82, 2.24) is 9.55 Å². The topological polar surface area (TPSA) is 17.8 Å². The summed E-state index contributed by atoms with van der Waals surface area (Å²) in [4.78, 5) is 4.65. The monoisotopic (exact) mass is 442 g/mol. The summed E-state index contributed by atoms with van der Waals surface area (Å²) in [6.45, 7) is 0. The lowest BCUT2D eigenvalue weighted by molar-refractivity contribution is 1.20. The fourth-order valence-electron chi connectivity index (χ4n) is 6.55. The van der Waals surface area contributed by atoms with E-state index in [1.165, 1.54) is 70.9 Å². The lowest BCUT2D eigenvalue weighted by Crippen LogP contribution is -1.96. The van der Waals surface area contributed by atoms with Gasteiger partial charge in [-0.3, -0.25) is 4.98 Å². The van der Waals surface area contributed by atoms with Crippen molar-refractivity contribution in [2.24, 2.45) is 0 Å². The van der Waals surface area contributed by atoms with Gasteiger partial charge in [0.25, 0.3) is 0 Å². The van der Waals surface area contributed by atoms with Gasteiger partial charge in [-0.05, 0) is 74.5 Å². The van der Waals surface area contributed by atoms with Crippen LogP contribution in [0.15, 0.2) is 109 Å². The second-order valence-corrected chi connectivity index (χ2v) is 9.57. The molecule has 0 spiro atoms. The van der Waals surface area contributed by atoms with E-state index in [4.69, 9.17) is 0 Å². The van der Waals surface area contributed by atoms with Crippen LogP contribution in [0.4, 0.5) is 0 Å². The largest absolute Gasteiger partial charge is 0.309 e. The van der Waals surface area contributed by atoms with Crippen molar-refractivity contribution in [2.45, 2.75) is 0 Å². The Morgan fingerprint density at radius 1 is 0.457 bits per heavy atom. The molecule has 8 aromatic rings. The van der Waals surface area contributed by atoms with Crippen LogP contribution < -0.4 is 0 Å². The SMILES string of the molecule is c1cc2c3c(c1)ccc1ccc4c(c13)c1c3c-2cccc3ccc1n4-c1cccc2ncccc12. The Labute approximate surface area is 200 Å². The van der Waals surface area contributed by atoms with Crippen molar-refractivity contribution < 1.29 is 0 Å². The molecule has 9 rings (SSSR count). The fraction of sp³-hybridized carbons (Fsp3) is 0. The van der Waals surface area contributed by atoms with Gasteiger partial charge in [-0.2, -0.15) is 0 Å². The van der Waals surface area contributed by atoms with Gasteiger partial charge in [0, 0.05) is 27.7 Å². The van der Waals surface area contributed by atoms with Crippen LogP contribution in [0, 0.1) is 0 Å². The third-order valence-electron chi connectivity index (χ3n) is 7.91. The molecule has 0 saturated heterocycles. The molecule has 160 valence electrons. The summed E-state index contributed by atoms with van der Waals surface area (Å²) in [7, 11) is 0. The molecule has 2 nitrogen and oxygen atoms in total. The number of fused-ring (bicyclic) bond motifs is 2. The zero-order chi connectivity index (χ0) is 22.7. The summed E-state index contributed by atoms with van der Waals surface area (Å²) in [6, 6.07) is 37.9. The normalized spacial score (nSPS) is 12.6. The highest BCUT2D eigenvalue weighted by atomic mass is 15.0. The summed E-state index contributed by atoms with van der Waals surface area (Å²) in [5, 5.41) is 11.8. The Kier molecular flexibility index (Phi) is 3.07. The van der Waals surface area contributed by atoms with E-state index < -0.39 is 0 Å². The zero-order valence-electron chi connectivity index (χ0n) is 18.8. The van der Waals surface area contributed by atoms with Gasteiger partial charge in [0.05, 0.1) is 22.2 Å². The standard InChI is InChI=1S/C33H18N2/c1-5-19-12-13-21-15-17-28-33-31(21)29(19)22(7-1)23-8-2-6-20-14-16-27(32(33)30(20)23)35(28)26-11-3-10-25-24(26)9-4-18-34-25/h1-18H. The molecule has 1 aliphatic rings. The summed E-state index contributed by atoms with van der Waals surface area (Å²) in [5.41, 5.74) is 7.33. The molecule has 0 amide bonds. The highest BCUT2D eigenvalue weighted by Gasteiger charge is 2.24.